The highest BCUT2D eigenvalue weighted by molar-refractivity contribution is 7.89. The first-order valence-electron chi connectivity index (χ1n) is 7.84. The van der Waals surface area contributed by atoms with Crippen LogP contribution in [0.15, 0.2) is 47.4 Å². The molecule has 2 aromatic carbocycles. The van der Waals surface area contributed by atoms with E-state index in [9.17, 15) is 21.6 Å². The number of piperazine rings is 1. The van der Waals surface area contributed by atoms with Gasteiger partial charge in [0.25, 0.3) is 0 Å². The van der Waals surface area contributed by atoms with Crippen molar-refractivity contribution in [3.63, 3.8) is 0 Å². The number of sulfonamides is 1. The van der Waals surface area contributed by atoms with E-state index in [0.29, 0.717) is 19.2 Å². The van der Waals surface area contributed by atoms with Gasteiger partial charge in [0.15, 0.2) is 17.5 Å². The van der Waals surface area contributed by atoms with E-state index in [4.69, 9.17) is 0 Å². The molecule has 8 heteroatoms. The number of benzene rings is 2. The van der Waals surface area contributed by atoms with Crippen molar-refractivity contribution in [3.05, 3.63) is 65.5 Å². The van der Waals surface area contributed by atoms with Crippen LogP contribution in [0.2, 0.25) is 0 Å². The summed E-state index contributed by atoms with van der Waals surface area (Å²) in [5.41, 5.74) is 0.771. The third-order valence-electron chi connectivity index (χ3n) is 4.42. The number of hydrogen-bond acceptors (Lipinski definition) is 2. The molecule has 4 nitrogen and oxygen atoms in total. The fourth-order valence-electron chi connectivity index (χ4n) is 3.07. The molecule has 1 aliphatic heterocycles. The van der Waals surface area contributed by atoms with Crippen LogP contribution in [0, 0.1) is 17.5 Å². The lowest BCUT2D eigenvalue weighted by Crippen LogP contribution is -3.12. The molecule has 0 bridgehead atoms. The minimum atomic E-state index is -4.31. The Bertz CT molecular complexity index is 875. The van der Waals surface area contributed by atoms with E-state index >= 15 is 0 Å². The van der Waals surface area contributed by atoms with Gasteiger partial charge in [-0.1, -0.05) is 30.3 Å². The van der Waals surface area contributed by atoms with Crippen LogP contribution in [0.25, 0.3) is 0 Å². The molecular formula is C17H18F3N2O2S+. The van der Waals surface area contributed by atoms with Gasteiger partial charge in [0.05, 0.1) is 32.7 Å². The van der Waals surface area contributed by atoms with E-state index in [-0.39, 0.29) is 6.54 Å². The molecule has 0 amide bonds. The van der Waals surface area contributed by atoms with Crippen molar-refractivity contribution in [3.8, 4) is 0 Å². The number of likely N-dealkylation sites (N-methyl/N-ethyl adjacent to an activating group) is 1. The monoisotopic (exact) mass is 371 g/mol. The zero-order valence-electron chi connectivity index (χ0n) is 13.5. The third-order valence-corrected chi connectivity index (χ3v) is 6.34. The first kappa shape index (κ1) is 17.9. The zero-order valence-corrected chi connectivity index (χ0v) is 14.4. The molecule has 2 aromatic rings. The van der Waals surface area contributed by atoms with Gasteiger partial charge in [-0.3, -0.25) is 0 Å². The molecule has 1 saturated heterocycles. The highest BCUT2D eigenvalue weighted by atomic mass is 32.2. The molecule has 0 aliphatic carbocycles. The molecule has 1 unspecified atom stereocenters. The topological polar surface area (TPSA) is 41.8 Å². The van der Waals surface area contributed by atoms with Crippen LogP contribution in [0.1, 0.15) is 11.6 Å². The van der Waals surface area contributed by atoms with Crippen LogP contribution in [0.5, 0.6) is 0 Å². The molecule has 134 valence electrons. The summed E-state index contributed by atoms with van der Waals surface area (Å²) in [5.74, 6) is -4.88. The largest absolute Gasteiger partial charge is 0.335 e. The maximum Gasteiger partial charge on any atom is 0.247 e. The molecule has 3 rings (SSSR count). The second-order valence-electron chi connectivity index (χ2n) is 6.13. The van der Waals surface area contributed by atoms with Gasteiger partial charge in [0.1, 0.15) is 4.90 Å². The summed E-state index contributed by atoms with van der Waals surface area (Å²) >= 11 is 0. The lowest BCUT2D eigenvalue weighted by molar-refractivity contribution is -0.887. The van der Waals surface area contributed by atoms with Gasteiger partial charge in [-0.05, 0) is 17.7 Å². The molecule has 0 saturated carbocycles. The fourth-order valence-corrected chi connectivity index (χ4v) is 4.74. The lowest BCUT2D eigenvalue weighted by atomic mass is 10.1. The van der Waals surface area contributed by atoms with Crippen molar-refractivity contribution in [1.82, 2.24) is 4.31 Å². The Hall–Kier alpha value is -1.90. The normalized spacial score (nSPS) is 22.1. The molecule has 1 aliphatic rings. The fraction of sp³-hybridized carbons (Fsp3) is 0.294. The average Bonchev–Trinajstić information content (AvgIpc) is 2.60. The van der Waals surface area contributed by atoms with Gasteiger partial charge in [-0.15, -0.1) is 0 Å². The lowest BCUT2D eigenvalue weighted by Gasteiger charge is -2.37. The average molecular weight is 371 g/mol. The minimum absolute atomic E-state index is 0.159. The van der Waals surface area contributed by atoms with Gasteiger partial charge in [0, 0.05) is 0 Å². The predicted molar refractivity (Wildman–Crippen MR) is 86.0 cm³/mol. The Balaban J connectivity index is 2.07. The van der Waals surface area contributed by atoms with E-state index in [1.54, 1.807) is 24.3 Å². The number of nitrogens with one attached hydrogen (secondary N) is 1. The van der Waals surface area contributed by atoms with Gasteiger partial charge in [0.2, 0.25) is 10.0 Å². The molecule has 0 radical (unpaired) electrons. The minimum Gasteiger partial charge on any atom is -0.335 e. The zero-order chi connectivity index (χ0) is 18.2. The summed E-state index contributed by atoms with van der Waals surface area (Å²) in [6, 6.07) is 9.90. The van der Waals surface area contributed by atoms with E-state index in [2.05, 4.69) is 0 Å². The van der Waals surface area contributed by atoms with Crippen LogP contribution < -0.4 is 4.90 Å². The molecule has 1 fully saturated rings. The molecule has 25 heavy (non-hydrogen) atoms. The van der Waals surface area contributed by atoms with E-state index in [0.717, 1.165) is 16.5 Å². The van der Waals surface area contributed by atoms with Crippen molar-refractivity contribution in [1.29, 1.82) is 0 Å². The second kappa shape index (κ2) is 6.78. The Labute approximate surface area is 144 Å². The van der Waals surface area contributed by atoms with Crippen LogP contribution in [0.4, 0.5) is 13.2 Å². The molecule has 0 spiro atoms. The van der Waals surface area contributed by atoms with Crippen molar-refractivity contribution < 1.29 is 26.5 Å². The molecular weight excluding hydrogens is 353 g/mol. The highest BCUT2D eigenvalue weighted by Gasteiger charge is 2.40. The molecule has 1 N–H and O–H groups in total. The first-order valence-corrected chi connectivity index (χ1v) is 9.28. The Morgan fingerprint density at radius 2 is 1.72 bits per heavy atom. The standard InChI is InChI=1S/C17H17F3N2O2S/c1-21-9-10-22(14(11-21)12-5-3-2-4-6-12)25(23,24)15-8-7-13(18)16(19)17(15)20/h2-8,14H,9-11H2,1H3/p+1/t14-/m0/s1. The summed E-state index contributed by atoms with van der Waals surface area (Å²) in [6.07, 6.45) is 0. The van der Waals surface area contributed by atoms with Crippen LogP contribution in [0.3, 0.4) is 0 Å². The summed E-state index contributed by atoms with van der Waals surface area (Å²) in [5, 5.41) is 0. The van der Waals surface area contributed by atoms with Crippen molar-refractivity contribution in [2.45, 2.75) is 10.9 Å². The molecule has 1 heterocycles. The summed E-state index contributed by atoms with van der Waals surface area (Å²) in [7, 11) is -2.37. The van der Waals surface area contributed by atoms with E-state index in [1.807, 2.05) is 13.1 Å². The maximum atomic E-state index is 14.1. The van der Waals surface area contributed by atoms with Crippen molar-refractivity contribution in [2.24, 2.45) is 0 Å². The van der Waals surface area contributed by atoms with Gasteiger partial charge < -0.3 is 4.90 Å². The first-order chi connectivity index (χ1) is 11.8. The Morgan fingerprint density at radius 1 is 1.04 bits per heavy atom. The summed E-state index contributed by atoms with van der Waals surface area (Å²) in [6.45, 7) is 1.19. The number of rotatable bonds is 3. The van der Waals surface area contributed by atoms with Gasteiger partial charge in [-0.2, -0.15) is 4.31 Å². The highest BCUT2D eigenvalue weighted by Crippen LogP contribution is 2.30. The third kappa shape index (κ3) is 3.29. The number of hydrogen-bond donors (Lipinski definition) is 1. The summed E-state index contributed by atoms with van der Waals surface area (Å²) in [4.78, 5) is 0.290. The van der Waals surface area contributed by atoms with Crippen LogP contribution >= 0.6 is 0 Å². The maximum absolute atomic E-state index is 14.1. The molecule has 2 atom stereocenters. The Kier molecular flexibility index (Phi) is 4.86. The second-order valence-corrected chi connectivity index (χ2v) is 7.99. The quantitative estimate of drug-likeness (QED) is 0.828. The smallest absolute Gasteiger partial charge is 0.247 e. The van der Waals surface area contributed by atoms with Crippen molar-refractivity contribution >= 4 is 10.0 Å². The number of nitrogens with zero attached hydrogens (tertiary/aromatic N) is 1. The van der Waals surface area contributed by atoms with Crippen LogP contribution in [-0.2, 0) is 10.0 Å². The van der Waals surface area contributed by atoms with E-state index < -0.39 is 38.4 Å². The van der Waals surface area contributed by atoms with Gasteiger partial charge >= 0.3 is 0 Å². The SMILES string of the molecule is C[NH+]1CCN(S(=O)(=O)c2ccc(F)c(F)c2F)[C@H](c2ccccc2)C1. The number of halogens is 3. The predicted octanol–water partition coefficient (Wildman–Crippen LogP) is 1.36. The van der Waals surface area contributed by atoms with Crippen LogP contribution in [-0.4, -0.2) is 39.4 Å². The summed E-state index contributed by atoms with van der Waals surface area (Å²) < 4.78 is 67.9. The number of quaternary nitrogens is 1. The van der Waals surface area contributed by atoms with Gasteiger partial charge in [-0.25, -0.2) is 21.6 Å². The van der Waals surface area contributed by atoms with E-state index in [1.165, 1.54) is 4.31 Å². The Morgan fingerprint density at radius 3 is 2.40 bits per heavy atom. The van der Waals surface area contributed by atoms with Crippen molar-refractivity contribution in [2.75, 3.05) is 26.7 Å². The molecule has 0 aromatic heterocycles.